The van der Waals surface area contributed by atoms with Gasteiger partial charge in [-0.05, 0) is 51.9 Å². The summed E-state index contributed by atoms with van der Waals surface area (Å²) in [4.78, 5) is 6.82. The molecule has 1 aromatic rings. The summed E-state index contributed by atoms with van der Waals surface area (Å²) in [5.74, 6) is 0.504. The van der Waals surface area contributed by atoms with Crippen molar-refractivity contribution in [1.82, 2.24) is 9.88 Å². The number of ether oxygens (including phenoxy) is 1. The van der Waals surface area contributed by atoms with E-state index in [9.17, 15) is 0 Å². The fourth-order valence-corrected chi connectivity index (χ4v) is 1.80. The van der Waals surface area contributed by atoms with E-state index in [4.69, 9.17) is 4.74 Å². The van der Waals surface area contributed by atoms with Crippen LogP contribution in [0, 0.1) is 0 Å². The zero-order valence-electron chi connectivity index (χ0n) is 13.0. The molecule has 19 heavy (non-hydrogen) atoms. The highest BCUT2D eigenvalue weighted by Gasteiger charge is 2.10. The summed E-state index contributed by atoms with van der Waals surface area (Å²) in [5.41, 5.74) is 2.33. The smallest absolute Gasteiger partial charge is 0.0575 e. The maximum absolute atomic E-state index is 4.94. The summed E-state index contributed by atoms with van der Waals surface area (Å²) in [6.45, 7) is 8.52. The van der Waals surface area contributed by atoms with Gasteiger partial charge in [0.1, 0.15) is 0 Å². The molecular formula is C16H28N2O. The molecule has 0 aliphatic carbocycles. The fourth-order valence-electron chi connectivity index (χ4n) is 1.80. The van der Waals surface area contributed by atoms with Gasteiger partial charge < -0.3 is 9.64 Å². The van der Waals surface area contributed by atoms with Gasteiger partial charge in [-0.3, -0.25) is 4.98 Å². The molecule has 0 unspecified atom stereocenters. The average Bonchev–Trinajstić information content (AvgIpc) is 2.97. The zero-order chi connectivity index (χ0) is 14.3. The SMILES string of the molecule is C1CCOC1.CC(C)c1cccc([C@H](C)N(C)C)n1. The third kappa shape index (κ3) is 5.70. The molecule has 0 bridgehead atoms. The molecule has 0 aromatic carbocycles. The first kappa shape index (κ1) is 16.1. The lowest BCUT2D eigenvalue weighted by molar-refractivity contribution is 0.198. The Morgan fingerprint density at radius 3 is 2.05 bits per heavy atom. The third-order valence-corrected chi connectivity index (χ3v) is 3.41. The number of hydrogen-bond acceptors (Lipinski definition) is 3. The monoisotopic (exact) mass is 264 g/mol. The zero-order valence-corrected chi connectivity index (χ0v) is 13.0. The van der Waals surface area contributed by atoms with Crippen LogP contribution in [0.1, 0.15) is 57.0 Å². The first-order valence-electron chi connectivity index (χ1n) is 7.23. The molecule has 1 aromatic heterocycles. The number of pyridine rings is 1. The van der Waals surface area contributed by atoms with E-state index >= 15 is 0 Å². The quantitative estimate of drug-likeness (QED) is 0.833. The summed E-state index contributed by atoms with van der Waals surface area (Å²) >= 11 is 0. The highest BCUT2D eigenvalue weighted by atomic mass is 16.5. The van der Waals surface area contributed by atoms with Crippen LogP contribution < -0.4 is 0 Å². The van der Waals surface area contributed by atoms with E-state index in [0.29, 0.717) is 12.0 Å². The standard InChI is InChI=1S/C12H20N2.C4H8O/c1-9(2)11-7-6-8-12(13-11)10(3)14(4)5;1-2-4-5-3-1/h6-10H,1-5H3;1-4H2/t10-;/m0./s1. The van der Waals surface area contributed by atoms with E-state index in [-0.39, 0.29) is 0 Å². The van der Waals surface area contributed by atoms with Gasteiger partial charge in [-0.1, -0.05) is 19.9 Å². The van der Waals surface area contributed by atoms with Crippen LogP contribution in [0.25, 0.3) is 0 Å². The number of hydrogen-bond donors (Lipinski definition) is 0. The van der Waals surface area contributed by atoms with Gasteiger partial charge in [0.2, 0.25) is 0 Å². The van der Waals surface area contributed by atoms with Crippen molar-refractivity contribution in [2.45, 2.75) is 45.6 Å². The largest absolute Gasteiger partial charge is 0.381 e. The van der Waals surface area contributed by atoms with Crippen molar-refractivity contribution in [2.24, 2.45) is 0 Å². The molecule has 0 amide bonds. The highest BCUT2D eigenvalue weighted by Crippen LogP contribution is 2.18. The van der Waals surface area contributed by atoms with Crippen LogP contribution in [0.3, 0.4) is 0 Å². The summed E-state index contributed by atoms with van der Waals surface area (Å²) in [6.07, 6.45) is 2.56. The minimum absolute atomic E-state index is 0.383. The van der Waals surface area contributed by atoms with E-state index in [0.717, 1.165) is 18.9 Å². The number of nitrogens with zero attached hydrogens (tertiary/aromatic N) is 2. The van der Waals surface area contributed by atoms with Crippen molar-refractivity contribution in [2.75, 3.05) is 27.3 Å². The van der Waals surface area contributed by atoms with Crippen molar-refractivity contribution in [1.29, 1.82) is 0 Å². The Kier molecular flexibility index (Phi) is 7.03. The molecule has 0 spiro atoms. The van der Waals surface area contributed by atoms with Crippen LogP contribution in [-0.4, -0.2) is 37.2 Å². The molecule has 1 atom stereocenters. The van der Waals surface area contributed by atoms with Crippen molar-refractivity contribution in [3.63, 3.8) is 0 Å². The van der Waals surface area contributed by atoms with Crippen LogP contribution in [0.2, 0.25) is 0 Å². The molecule has 2 heterocycles. The van der Waals surface area contributed by atoms with Gasteiger partial charge in [0.15, 0.2) is 0 Å². The molecule has 1 fully saturated rings. The van der Waals surface area contributed by atoms with Gasteiger partial charge in [0, 0.05) is 24.9 Å². The minimum Gasteiger partial charge on any atom is -0.381 e. The fraction of sp³-hybridized carbons (Fsp3) is 0.688. The van der Waals surface area contributed by atoms with Gasteiger partial charge >= 0.3 is 0 Å². The maximum Gasteiger partial charge on any atom is 0.0575 e. The molecule has 3 heteroatoms. The lowest BCUT2D eigenvalue weighted by Crippen LogP contribution is -2.18. The van der Waals surface area contributed by atoms with Gasteiger partial charge in [0.05, 0.1) is 5.69 Å². The molecular weight excluding hydrogens is 236 g/mol. The van der Waals surface area contributed by atoms with Crippen LogP contribution in [-0.2, 0) is 4.74 Å². The van der Waals surface area contributed by atoms with Gasteiger partial charge in [-0.2, -0.15) is 0 Å². The minimum atomic E-state index is 0.383. The van der Waals surface area contributed by atoms with Crippen LogP contribution in [0.4, 0.5) is 0 Å². The van der Waals surface area contributed by atoms with E-state index in [1.807, 2.05) is 0 Å². The second-order valence-corrected chi connectivity index (χ2v) is 5.60. The van der Waals surface area contributed by atoms with E-state index in [1.54, 1.807) is 0 Å². The van der Waals surface area contributed by atoms with E-state index in [2.05, 4.69) is 62.9 Å². The number of rotatable bonds is 3. The van der Waals surface area contributed by atoms with Crippen molar-refractivity contribution >= 4 is 0 Å². The second-order valence-electron chi connectivity index (χ2n) is 5.60. The summed E-state index contributed by atoms with van der Waals surface area (Å²) in [7, 11) is 4.16. The lowest BCUT2D eigenvalue weighted by Gasteiger charge is -2.20. The molecule has 1 aliphatic rings. The molecule has 1 aliphatic heterocycles. The summed E-state index contributed by atoms with van der Waals surface area (Å²) < 4.78 is 4.94. The van der Waals surface area contributed by atoms with E-state index in [1.165, 1.54) is 18.5 Å². The Labute approximate surface area is 118 Å². The molecule has 108 valence electrons. The van der Waals surface area contributed by atoms with Crippen molar-refractivity contribution in [3.8, 4) is 0 Å². The molecule has 0 radical (unpaired) electrons. The van der Waals surface area contributed by atoms with E-state index < -0.39 is 0 Å². The Balaban J connectivity index is 0.000000300. The van der Waals surface area contributed by atoms with Gasteiger partial charge in [-0.25, -0.2) is 0 Å². The topological polar surface area (TPSA) is 25.4 Å². The van der Waals surface area contributed by atoms with Gasteiger partial charge in [-0.15, -0.1) is 0 Å². The predicted molar refractivity (Wildman–Crippen MR) is 80.5 cm³/mol. The van der Waals surface area contributed by atoms with Crippen LogP contribution in [0.15, 0.2) is 18.2 Å². The molecule has 2 rings (SSSR count). The Morgan fingerprint density at radius 1 is 1.05 bits per heavy atom. The van der Waals surface area contributed by atoms with Crippen LogP contribution in [0.5, 0.6) is 0 Å². The summed E-state index contributed by atoms with van der Waals surface area (Å²) in [5, 5.41) is 0. The maximum atomic E-state index is 4.94. The number of aromatic nitrogens is 1. The molecule has 1 saturated heterocycles. The highest BCUT2D eigenvalue weighted by molar-refractivity contribution is 5.16. The lowest BCUT2D eigenvalue weighted by atomic mass is 10.1. The van der Waals surface area contributed by atoms with Crippen molar-refractivity contribution in [3.05, 3.63) is 29.6 Å². The third-order valence-electron chi connectivity index (χ3n) is 3.41. The first-order valence-corrected chi connectivity index (χ1v) is 7.23. The van der Waals surface area contributed by atoms with Gasteiger partial charge in [0.25, 0.3) is 0 Å². The molecule has 0 N–H and O–H groups in total. The molecule has 3 nitrogen and oxygen atoms in total. The Bertz CT molecular complexity index is 352. The normalized spacial score (nSPS) is 16.4. The average molecular weight is 264 g/mol. The second kappa shape index (κ2) is 8.28. The van der Waals surface area contributed by atoms with Crippen molar-refractivity contribution < 1.29 is 4.74 Å². The van der Waals surface area contributed by atoms with Crippen LogP contribution >= 0.6 is 0 Å². The predicted octanol–water partition coefficient (Wildman–Crippen LogP) is 3.62. The molecule has 0 saturated carbocycles. The summed E-state index contributed by atoms with van der Waals surface area (Å²) in [6, 6.07) is 6.67. The Morgan fingerprint density at radius 2 is 1.63 bits per heavy atom. The Hall–Kier alpha value is -0.930. The first-order chi connectivity index (χ1) is 9.02.